The first kappa shape index (κ1) is 13.0. The van der Waals surface area contributed by atoms with Crippen molar-refractivity contribution in [2.75, 3.05) is 25.1 Å². The van der Waals surface area contributed by atoms with E-state index in [4.69, 9.17) is 4.74 Å². The molecule has 0 saturated carbocycles. The summed E-state index contributed by atoms with van der Waals surface area (Å²) in [6, 6.07) is 11.7. The molecular weight excluding hydrogens is 254 g/mol. The van der Waals surface area contributed by atoms with Gasteiger partial charge in [0.15, 0.2) is 0 Å². The number of nitrogens with one attached hydrogen (secondary N) is 2. The average Bonchev–Trinajstić information content (AvgIpc) is 2.48. The van der Waals surface area contributed by atoms with Gasteiger partial charge in [-0.05, 0) is 18.2 Å². The predicted octanol–water partition coefficient (Wildman–Crippen LogP) is 1.55. The Kier molecular flexibility index (Phi) is 3.90. The summed E-state index contributed by atoms with van der Waals surface area (Å²) in [4.78, 5) is 16.4. The van der Waals surface area contributed by atoms with Crippen LogP contribution in [0.3, 0.4) is 0 Å². The summed E-state index contributed by atoms with van der Waals surface area (Å²) in [7, 11) is 0. The third kappa shape index (κ3) is 3.12. The quantitative estimate of drug-likeness (QED) is 0.889. The van der Waals surface area contributed by atoms with Crippen LogP contribution in [0.4, 0.5) is 5.82 Å². The Balaban J connectivity index is 1.64. The van der Waals surface area contributed by atoms with E-state index in [0.29, 0.717) is 25.5 Å². The van der Waals surface area contributed by atoms with Crippen LogP contribution in [0, 0.1) is 0 Å². The molecule has 104 valence electrons. The fourth-order valence-corrected chi connectivity index (χ4v) is 2.30. The van der Waals surface area contributed by atoms with Crippen LogP contribution in [0.5, 0.6) is 0 Å². The second-order valence-electron chi connectivity index (χ2n) is 4.87. The Morgan fingerprint density at radius 1 is 1.35 bits per heavy atom. The molecule has 1 aliphatic heterocycles. The highest BCUT2D eigenvalue weighted by molar-refractivity contribution is 5.91. The predicted molar refractivity (Wildman–Crippen MR) is 77.6 cm³/mol. The van der Waals surface area contributed by atoms with Crippen molar-refractivity contribution in [3.05, 3.63) is 36.4 Å². The zero-order valence-electron chi connectivity index (χ0n) is 11.1. The number of carbonyl (C=O) groups excluding carboxylic acids is 1. The smallest absolute Gasteiger partial charge is 0.227 e. The number of pyridine rings is 1. The Labute approximate surface area is 117 Å². The van der Waals surface area contributed by atoms with E-state index in [2.05, 4.69) is 15.6 Å². The highest BCUT2D eigenvalue weighted by Gasteiger charge is 2.17. The van der Waals surface area contributed by atoms with Gasteiger partial charge in [0.1, 0.15) is 5.82 Å². The second kappa shape index (κ2) is 5.98. The van der Waals surface area contributed by atoms with E-state index in [-0.39, 0.29) is 11.9 Å². The van der Waals surface area contributed by atoms with Gasteiger partial charge >= 0.3 is 0 Å². The van der Waals surface area contributed by atoms with Crippen LogP contribution in [0.2, 0.25) is 0 Å². The molecule has 0 aliphatic carbocycles. The van der Waals surface area contributed by atoms with Crippen LogP contribution in [0.25, 0.3) is 10.9 Å². The number of hydrogen-bond donors (Lipinski definition) is 2. The van der Waals surface area contributed by atoms with Crippen LogP contribution in [0.1, 0.15) is 6.42 Å². The molecule has 2 heterocycles. The lowest BCUT2D eigenvalue weighted by Crippen LogP contribution is -2.43. The zero-order chi connectivity index (χ0) is 13.8. The molecule has 2 aromatic rings. The van der Waals surface area contributed by atoms with Crippen molar-refractivity contribution in [1.82, 2.24) is 10.3 Å². The normalized spacial score (nSPS) is 18.9. The largest absolute Gasteiger partial charge is 0.378 e. The number of hydrogen-bond acceptors (Lipinski definition) is 4. The number of aromatic nitrogens is 1. The maximum Gasteiger partial charge on any atom is 0.227 e. The molecular formula is C15H17N3O2. The highest BCUT2D eigenvalue weighted by Crippen LogP contribution is 2.14. The van der Waals surface area contributed by atoms with E-state index >= 15 is 0 Å². The first-order valence-electron chi connectivity index (χ1n) is 6.78. The minimum absolute atomic E-state index is 0.0456. The third-order valence-corrected chi connectivity index (χ3v) is 3.30. The van der Waals surface area contributed by atoms with E-state index < -0.39 is 0 Å². The number of rotatable bonds is 3. The Morgan fingerprint density at radius 3 is 3.10 bits per heavy atom. The van der Waals surface area contributed by atoms with Crippen molar-refractivity contribution < 1.29 is 9.53 Å². The van der Waals surface area contributed by atoms with Crippen molar-refractivity contribution in [3.63, 3.8) is 0 Å². The molecule has 20 heavy (non-hydrogen) atoms. The third-order valence-electron chi connectivity index (χ3n) is 3.30. The summed E-state index contributed by atoms with van der Waals surface area (Å²) < 4.78 is 5.33. The topological polar surface area (TPSA) is 63.2 Å². The fraction of sp³-hybridized carbons (Fsp3) is 0.333. The van der Waals surface area contributed by atoms with Gasteiger partial charge in [-0.1, -0.05) is 18.2 Å². The van der Waals surface area contributed by atoms with Crippen LogP contribution in [0.15, 0.2) is 36.4 Å². The maximum atomic E-state index is 12.0. The Hall–Kier alpha value is -1.98. The summed E-state index contributed by atoms with van der Waals surface area (Å²) in [5.41, 5.74) is 0.879. The van der Waals surface area contributed by atoms with Crippen molar-refractivity contribution in [3.8, 4) is 0 Å². The van der Waals surface area contributed by atoms with Crippen LogP contribution < -0.4 is 10.6 Å². The van der Waals surface area contributed by atoms with Crippen molar-refractivity contribution in [1.29, 1.82) is 0 Å². The lowest BCUT2D eigenvalue weighted by atomic mass is 10.2. The molecule has 1 fully saturated rings. The van der Waals surface area contributed by atoms with Crippen LogP contribution >= 0.6 is 0 Å². The number of ether oxygens (including phenoxy) is 1. The Bertz CT molecular complexity index is 609. The van der Waals surface area contributed by atoms with Gasteiger partial charge in [0.25, 0.3) is 0 Å². The van der Waals surface area contributed by atoms with Gasteiger partial charge in [-0.15, -0.1) is 0 Å². The van der Waals surface area contributed by atoms with E-state index in [1.807, 2.05) is 36.4 Å². The molecule has 0 radical (unpaired) electrons. The summed E-state index contributed by atoms with van der Waals surface area (Å²) in [6.07, 6.45) is 0.397. The number of morpholine rings is 1. The average molecular weight is 271 g/mol. The zero-order valence-corrected chi connectivity index (χ0v) is 11.1. The molecule has 0 bridgehead atoms. The fourth-order valence-electron chi connectivity index (χ4n) is 2.30. The summed E-state index contributed by atoms with van der Waals surface area (Å²) >= 11 is 0. The van der Waals surface area contributed by atoms with E-state index in [1.165, 1.54) is 0 Å². The number of amides is 1. The van der Waals surface area contributed by atoms with Gasteiger partial charge in [0, 0.05) is 24.4 Å². The molecule has 1 unspecified atom stereocenters. The number of para-hydroxylation sites is 1. The van der Waals surface area contributed by atoms with Crippen molar-refractivity contribution in [2.24, 2.45) is 0 Å². The molecule has 1 aromatic carbocycles. The van der Waals surface area contributed by atoms with Gasteiger partial charge < -0.3 is 15.4 Å². The number of fused-ring (bicyclic) bond motifs is 1. The van der Waals surface area contributed by atoms with Crippen LogP contribution in [-0.4, -0.2) is 36.7 Å². The first-order chi connectivity index (χ1) is 9.81. The lowest BCUT2D eigenvalue weighted by molar-refractivity contribution is -0.117. The van der Waals surface area contributed by atoms with Gasteiger partial charge in [-0.3, -0.25) is 4.79 Å². The molecule has 1 atom stereocenters. The van der Waals surface area contributed by atoms with Gasteiger partial charge in [0.05, 0.1) is 18.7 Å². The second-order valence-corrected chi connectivity index (χ2v) is 4.87. The SMILES string of the molecule is O=C(CC1COCCN1)Nc1ccc2ccccc2n1. The minimum atomic E-state index is -0.0456. The number of carbonyl (C=O) groups is 1. The van der Waals surface area contributed by atoms with Crippen molar-refractivity contribution >= 4 is 22.6 Å². The Morgan fingerprint density at radius 2 is 2.25 bits per heavy atom. The molecule has 0 spiro atoms. The summed E-state index contributed by atoms with van der Waals surface area (Å²) in [5, 5.41) is 7.16. The summed E-state index contributed by atoms with van der Waals surface area (Å²) in [5.74, 6) is 0.543. The van der Waals surface area contributed by atoms with Crippen molar-refractivity contribution in [2.45, 2.75) is 12.5 Å². The van der Waals surface area contributed by atoms with Crippen LogP contribution in [-0.2, 0) is 9.53 Å². The highest BCUT2D eigenvalue weighted by atomic mass is 16.5. The monoisotopic (exact) mass is 271 g/mol. The molecule has 5 nitrogen and oxygen atoms in total. The van der Waals surface area contributed by atoms with Gasteiger partial charge in [0.2, 0.25) is 5.91 Å². The molecule has 1 aromatic heterocycles. The van der Waals surface area contributed by atoms with E-state index in [1.54, 1.807) is 0 Å². The lowest BCUT2D eigenvalue weighted by Gasteiger charge is -2.23. The van der Waals surface area contributed by atoms with E-state index in [9.17, 15) is 4.79 Å². The standard InChI is InChI=1S/C15H17N3O2/c19-15(9-12-10-20-8-7-16-12)18-14-6-5-11-3-1-2-4-13(11)17-14/h1-6,12,16H,7-10H2,(H,17,18,19). The molecule has 1 amide bonds. The summed E-state index contributed by atoms with van der Waals surface area (Å²) in [6.45, 7) is 2.09. The number of nitrogens with zero attached hydrogens (tertiary/aromatic N) is 1. The maximum absolute atomic E-state index is 12.0. The molecule has 1 saturated heterocycles. The van der Waals surface area contributed by atoms with Gasteiger partial charge in [-0.2, -0.15) is 0 Å². The molecule has 1 aliphatic rings. The van der Waals surface area contributed by atoms with Gasteiger partial charge in [-0.25, -0.2) is 4.98 Å². The van der Waals surface area contributed by atoms with E-state index in [0.717, 1.165) is 17.4 Å². The first-order valence-corrected chi connectivity index (χ1v) is 6.78. The molecule has 3 rings (SSSR count). The molecule has 2 N–H and O–H groups in total. The number of benzene rings is 1. The molecule has 5 heteroatoms. The number of anilines is 1. The minimum Gasteiger partial charge on any atom is -0.378 e.